The van der Waals surface area contributed by atoms with Crippen molar-refractivity contribution in [1.29, 1.82) is 0 Å². The molecule has 0 saturated heterocycles. The van der Waals surface area contributed by atoms with E-state index in [2.05, 4.69) is 15.0 Å². The number of methoxy groups -OCH3 is 1. The van der Waals surface area contributed by atoms with Crippen molar-refractivity contribution in [2.45, 2.75) is 10.9 Å². The van der Waals surface area contributed by atoms with E-state index in [9.17, 15) is 0 Å². The Morgan fingerprint density at radius 1 is 1.26 bits per heavy atom. The van der Waals surface area contributed by atoms with Gasteiger partial charge in [0.2, 0.25) is 0 Å². The van der Waals surface area contributed by atoms with Crippen LogP contribution < -0.4 is 4.74 Å². The first-order valence-electron chi connectivity index (χ1n) is 5.91. The summed E-state index contributed by atoms with van der Waals surface area (Å²) in [4.78, 5) is 12.1. The first-order chi connectivity index (χ1) is 9.35. The number of para-hydroxylation sites is 2. The Hall–Kier alpha value is -2.01. The summed E-state index contributed by atoms with van der Waals surface area (Å²) in [6.45, 7) is 0. The Kier molecular flexibility index (Phi) is 3.37. The molecular weight excluding hydrogens is 258 g/mol. The van der Waals surface area contributed by atoms with Crippen molar-refractivity contribution < 1.29 is 4.74 Å². The van der Waals surface area contributed by atoms with E-state index < -0.39 is 0 Å². The van der Waals surface area contributed by atoms with E-state index in [0.717, 1.165) is 33.4 Å². The Bertz CT molecular complexity index is 663. The smallest absolute Gasteiger partial charge is 0.166 e. The first kappa shape index (κ1) is 12.0. The normalized spacial score (nSPS) is 10.8. The SMILES string of the molecule is COc1ccnc(CSc2nc3ccccc3[nH]2)c1. The lowest BCUT2D eigenvalue weighted by atomic mass is 10.3. The number of hydrogen-bond donors (Lipinski definition) is 1. The molecule has 0 amide bonds. The van der Waals surface area contributed by atoms with Crippen LogP contribution in [0.15, 0.2) is 47.8 Å². The molecule has 1 aromatic carbocycles. The van der Waals surface area contributed by atoms with Crippen molar-refractivity contribution in [3.05, 3.63) is 48.3 Å². The molecule has 3 rings (SSSR count). The molecule has 19 heavy (non-hydrogen) atoms. The van der Waals surface area contributed by atoms with E-state index in [0.29, 0.717) is 0 Å². The van der Waals surface area contributed by atoms with Crippen LogP contribution in [0.1, 0.15) is 5.69 Å². The van der Waals surface area contributed by atoms with Gasteiger partial charge in [-0.05, 0) is 18.2 Å². The Morgan fingerprint density at radius 3 is 3.00 bits per heavy atom. The van der Waals surface area contributed by atoms with E-state index in [-0.39, 0.29) is 0 Å². The van der Waals surface area contributed by atoms with Gasteiger partial charge in [0.1, 0.15) is 5.75 Å². The highest BCUT2D eigenvalue weighted by Crippen LogP contribution is 2.23. The minimum absolute atomic E-state index is 0.761. The van der Waals surface area contributed by atoms with Crippen molar-refractivity contribution >= 4 is 22.8 Å². The maximum absolute atomic E-state index is 5.18. The molecule has 3 aromatic rings. The average Bonchev–Trinajstić information content (AvgIpc) is 2.88. The van der Waals surface area contributed by atoms with Crippen LogP contribution in [0, 0.1) is 0 Å². The van der Waals surface area contributed by atoms with Crippen molar-refractivity contribution in [1.82, 2.24) is 15.0 Å². The molecule has 2 aromatic heterocycles. The molecule has 0 saturated carbocycles. The lowest BCUT2D eigenvalue weighted by molar-refractivity contribution is 0.413. The van der Waals surface area contributed by atoms with Gasteiger partial charge in [0.25, 0.3) is 0 Å². The molecule has 5 heteroatoms. The number of rotatable bonds is 4. The summed E-state index contributed by atoms with van der Waals surface area (Å²) in [6.07, 6.45) is 1.76. The van der Waals surface area contributed by atoms with E-state index in [1.807, 2.05) is 36.4 Å². The summed E-state index contributed by atoms with van der Waals surface area (Å²) in [5, 5.41) is 0.908. The lowest BCUT2D eigenvalue weighted by Crippen LogP contribution is -1.89. The number of nitrogens with one attached hydrogen (secondary N) is 1. The number of aromatic amines is 1. The van der Waals surface area contributed by atoms with Crippen molar-refractivity contribution in [3.63, 3.8) is 0 Å². The zero-order chi connectivity index (χ0) is 13.1. The summed E-state index contributed by atoms with van der Waals surface area (Å²) in [5.41, 5.74) is 3.03. The van der Waals surface area contributed by atoms with Crippen molar-refractivity contribution in [2.24, 2.45) is 0 Å². The number of pyridine rings is 1. The lowest BCUT2D eigenvalue weighted by Gasteiger charge is -2.02. The van der Waals surface area contributed by atoms with Crippen LogP contribution in [0.3, 0.4) is 0 Å². The summed E-state index contributed by atoms with van der Waals surface area (Å²) in [7, 11) is 1.66. The van der Waals surface area contributed by atoms with Gasteiger partial charge in [-0.15, -0.1) is 0 Å². The van der Waals surface area contributed by atoms with Gasteiger partial charge in [0.15, 0.2) is 5.16 Å². The Morgan fingerprint density at radius 2 is 2.16 bits per heavy atom. The fourth-order valence-electron chi connectivity index (χ4n) is 1.80. The van der Waals surface area contributed by atoms with Gasteiger partial charge in [-0.1, -0.05) is 23.9 Å². The third-order valence-corrected chi connectivity index (χ3v) is 3.66. The standard InChI is InChI=1S/C14H13N3OS/c1-18-11-6-7-15-10(8-11)9-19-14-16-12-4-2-3-5-13(12)17-14/h2-8H,9H2,1H3,(H,16,17). The zero-order valence-electron chi connectivity index (χ0n) is 10.5. The third kappa shape index (κ3) is 2.71. The average molecular weight is 271 g/mol. The van der Waals surface area contributed by atoms with Crippen LogP contribution in [-0.2, 0) is 5.75 Å². The zero-order valence-corrected chi connectivity index (χ0v) is 11.3. The second-order valence-corrected chi connectivity index (χ2v) is 5.00. The molecular formula is C14H13N3OS. The largest absolute Gasteiger partial charge is 0.497 e. The van der Waals surface area contributed by atoms with Crippen LogP contribution in [0.5, 0.6) is 5.75 Å². The van der Waals surface area contributed by atoms with Gasteiger partial charge in [0, 0.05) is 18.0 Å². The molecule has 96 valence electrons. The van der Waals surface area contributed by atoms with Crippen molar-refractivity contribution in [3.8, 4) is 5.75 Å². The van der Waals surface area contributed by atoms with E-state index in [4.69, 9.17) is 4.74 Å². The molecule has 0 aliphatic carbocycles. The fraction of sp³-hybridized carbons (Fsp3) is 0.143. The number of imidazole rings is 1. The van der Waals surface area contributed by atoms with Crippen LogP contribution in [-0.4, -0.2) is 22.1 Å². The van der Waals surface area contributed by atoms with Gasteiger partial charge >= 0.3 is 0 Å². The monoisotopic (exact) mass is 271 g/mol. The second-order valence-electron chi connectivity index (χ2n) is 4.03. The number of hydrogen-bond acceptors (Lipinski definition) is 4. The fourth-order valence-corrected chi connectivity index (χ4v) is 2.59. The molecule has 1 N–H and O–H groups in total. The number of ether oxygens (including phenoxy) is 1. The quantitative estimate of drug-likeness (QED) is 0.740. The molecule has 0 radical (unpaired) electrons. The Balaban J connectivity index is 1.74. The number of fused-ring (bicyclic) bond motifs is 1. The predicted octanol–water partition coefficient (Wildman–Crippen LogP) is 3.26. The minimum atomic E-state index is 0.761. The van der Waals surface area contributed by atoms with Crippen LogP contribution in [0.2, 0.25) is 0 Å². The summed E-state index contributed by atoms with van der Waals surface area (Å²) < 4.78 is 5.18. The minimum Gasteiger partial charge on any atom is -0.497 e. The van der Waals surface area contributed by atoms with Crippen LogP contribution >= 0.6 is 11.8 Å². The molecule has 2 heterocycles. The molecule has 0 aliphatic rings. The van der Waals surface area contributed by atoms with Gasteiger partial charge in [-0.2, -0.15) is 0 Å². The van der Waals surface area contributed by atoms with E-state index >= 15 is 0 Å². The van der Waals surface area contributed by atoms with E-state index in [1.165, 1.54) is 0 Å². The highest BCUT2D eigenvalue weighted by molar-refractivity contribution is 7.98. The molecule has 0 spiro atoms. The van der Waals surface area contributed by atoms with Gasteiger partial charge in [0.05, 0.1) is 23.8 Å². The molecule has 0 bridgehead atoms. The molecule has 0 atom stereocenters. The van der Waals surface area contributed by atoms with Crippen LogP contribution in [0.4, 0.5) is 0 Å². The van der Waals surface area contributed by atoms with Gasteiger partial charge < -0.3 is 9.72 Å². The number of H-pyrrole nitrogens is 1. The predicted molar refractivity (Wildman–Crippen MR) is 76.4 cm³/mol. The van der Waals surface area contributed by atoms with Gasteiger partial charge in [-0.25, -0.2) is 4.98 Å². The summed E-state index contributed by atoms with van der Waals surface area (Å²) >= 11 is 1.63. The number of thioether (sulfide) groups is 1. The Labute approximate surface area is 115 Å². The summed E-state index contributed by atoms with van der Waals surface area (Å²) in [5.74, 6) is 1.59. The van der Waals surface area contributed by atoms with Crippen molar-refractivity contribution in [2.75, 3.05) is 7.11 Å². The maximum Gasteiger partial charge on any atom is 0.166 e. The highest BCUT2D eigenvalue weighted by Gasteiger charge is 2.04. The first-order valence-corrected chi connectivity index (χ1v) is 6.90. The number of aromatic nitrogens is 3. The van der Waals surface area contributed by atoms with E-state index in [1.54, 1.807) is 25.1 Å². The maximum atomic E-state index is 5.18. The molecule has 4 nitrogen and oxygen atoms in total. The van der Waals surface area contributed by atoms with Crippen LogP contribution in [0.25, 0.3) is 11.0 Å². The molecule has 0 unspecified atom stereocenters. The molecule has 0 aliphatic heterocycles. The molecule has 0 fully saturated rings. The van der Waals surface area contributed by atoms with Gasteiger partial charge in [-0.3, -0.25) is 4.98 Å². The number of benzene rings is 1. The number of nitrogens with zero attached hydrogens (tertiary/aromatic N) is 2. The summed E-state index contributed by atoms with van der Waals surface area (Å²) in [6, 6.07) is 11.8. The highest BCUT2D eigenvalue weighted by atomic mass is 32.2. The third-order valence-electron chi connectivity index (χ3n) is 2.75. The second kappa shape index (κ2) is 5.32. The topological polar surface area (TPSA) is 50.8 Å².